The molecule has 0 unspecified atom stereocenters. The molecule has 2 fully saturated rings. The molecule has 0 radical (unpaired) electrons. The van der Waals surface area contributed by atoms with E-state index in [-0.39, 0.29) is 36.2 Å². The smallest absolute Gasteiger partial charge is 0.254 e. The predicted molar refractivity (Wildman–Crippen MR) is 112 cm³/mol. The van der Waals surface area contributed by atoms with Gasteiger partial charge in [0.25, 0.3) is 5.91 Å². The lowest BCUT2D eigenvalue weighted by atomic mass is 9.60. The lowest BCUT2D eigenvalue weighted by Crippen LogP contribution is -2.85. The van der Waals surface area contributed by atoms with E-state index in [9.17, 15) is 19.1 Å². The third kappa shape index (κ3) is 3.12. The zero-order chi connectivity index (χ0) is 21.5. The molecule has 0 saturated carbocycles. The summed E-state index contributed by atoms with van der Waals surface area (Å²) in [4.78, 5) is 28.6. The number of aliphatic hydroxyl groups is 1. The number of hydrogen-bond acceptors (Lipinski definition) is 3. The number of amides is 2. The fourth-order valence-electron chi connectivity index (χ4n) is 5.06. The Labute approximate surface area is 175 Å². The first-order chi connectivity index (χ1) is 14.4. The molecular formula is C24H25FN2O3. The van der Waals surface area contributed by atoms with Crippen molar-refractivity contribution in [2.75, 3.05) is 19.7 Å². The summed E-state index contributed by atoms with van der Waals surface area (Å²) in [6, 6.07) is 13.3. The van der Waals surface area contributed by atoms with Gasteiger partial charge in [-0.1, -0.05) is 36.4 Å². The summed E-state index contributed by atoms with van der Waals surface area (Å²) in [7, 11) is 0. The first-order valence-electron chi connectivity index (χ1n) is 10.1. The van der Waals surface area contributed by atoms with E-state index in [1.54, 1.807) is 9.80 Å². The van der Waals surface area contributed by atoms with Gasteiger partial charge in [0.15, 0.2) is 0 Å². The molecule has 0 aliphatic carbocycles. The molecule has 2 atom stereocenters. The molecule has 5 nitrogen and oxygen atoms in total. The number of halogens is 1. The van der Waals surface area contributed by atoms with Crippen LogP contribution in [-0.2, 0) is 4.79 Å². The number of likely N-dealkylation sites (tertiary alicyclic amines) is 2. The fraction of sp³-hybridized carbons (Fsp3) is 0.333. The molecule has 2 aromatic carbocycles. The second kappa shape index (κ2) is 7.69. The van der Waals surface area contributed by atoms with E-state index in [1.165, 1.54) is 31.2 Å². The third-order valence-electron chi connectivity index (χ3n) is 6.26. The molecule has 4 rings (SSSR count). The van der Waals surface area contributed by atoms with Gasteiger partial charge in [-0.3, -0.25) is 9.59 Å². The van der Waals surface area contributed by atoms with Crippen LogP contribution in [-0.4, -0.2) is 58.0 Å². The maximum absolute atomic E-state index is 13.2. The summed E-state index contributed by atoms with van der Waals surface area (Å²) >= 11 is 0. The molecule has 2 heterocycles. The maximum Gasteiger partial charge on any atom is 0.254 e. The third-order valence-corrected chi connectivity index (χ3v) is 6.26. The molecule has 156 valence electrons. The molecule has 2 aliphatic heterocycles. The summed E-state index contributed by atoms with van der Waals surface area (Å²) in [5, 5.41) is 9.99. The number of carbonyl (C=O) groups is 2. The van der Waals surface area contributed by atoms with Crippen molar-refractivity contribution in [3.63, 3.8) is 0 Å². The average Bonchev–Trinajstić information content (AvgIpc) is 2.68. The minimum Gasteiger partial charge on any atom is -0.394 e. The first-order valence-corrected chi connectivity index (χ1v) is 10.1. The van der Waals surface area contributed by atoms with Gasteiger partial charge in [0, 0.05) is 31.5 Å². The van der Waals surface area contributed by atoms with Gasteiger partial charge in [-0.2, -0.15) is 0 Å². The molecule has 2 saturated heterocycles. The fourth-order valence-corrected chi connectivity index (χ4v) is 5.06. The van der Waals surface area contributed by atoms with Crippen LogP contribution in [0, 0.1) is 5.82 Å². The van der Waals surface area contributed by atoms with E-state index in [2.05, 4.69) is 0 Å². The van der Waals surface area contributed by atoms with Gasteiger partial charge in [0.2, 0.25) is 5.91 Å². The molecule has 0 aromatic heterocycles. The van der Waals surface area contributed by atoms with E-state index >= 15 is 0 Å². The standard InChI is InChI=1S/C24H25FN2O3/c1-3-4-17-5-7-18(8-6-17)22-21(13-28)27(16(2)29)24(22)14-26(15-24)23(30)19-9-11-20(25)12-10-19/h3-12,21-22,28H,13-15H2,1-2H3/t21-,22+/m1/s1. The van der Waals surface area contributed by atoms with Crippen LogP contribution in [0.3, 0.4) is 0 Å². The van der Waals surface area contributed by atoms with Crippen molar-refractivity contribution in [2.24, 2.45) is 0 Å². The molecule has 0 bridgehead atoms. The number of aliphatic hydroxyl groups excluding tert-OH is 1. The Hall–Kier alpha value is -2.99. The highest BCUT2D eigenvalue weighted by atomic mass is 19.1. The quantitative estimate of drug-likeness (QED) is 0.846. The lowest BCUT2D eigenvalue weighted by Gasteiger charge is -2.70. The van der Waals surface area contributed by atoms with E-state index in [0.717, 1.165) is 11.1 Å². The molecule has 30 heavy (non-hydrogen) atoms. The van der Waals surface area contributed by atoms with Gasteiger partial charge in [-0.05, 0) is 42.3 Å². The molecule has 2 amide bonds. The Morgan fingerprint density at radius 2 is 1.77 bits per heavy atom. The largest absolute Gasteiger partial charge is 0.394 e. The summed E-state index contributed by atoms with van der Waals surface area (Å²) < 4.78 is 13.2. The summed E-state index contributed by atoms with van der Waals surface area (Å²) in [5.74, 6) is -0.729. The van der Waals surface area contributed by atoms with E-state index < -0.39 is 5.54 Å². The van der Waals surface area contributed by atoms with Crippen molar-refractivity contribution in [1.29, 1.82) is 0 Å². The Bertz CT molecular complexity index is 979. The topological polar surface area (TPSA) is 60.9 Å². The van der Waals surface area contributed by atoms with Crippen molar-refractivity contribution in [1.82, 2.24) is 9.80 Å². The Balaban J connectivity index is 1.60. The van der Waals surface area contributed by atoms with Crippen LogP contribution in [0.5, 0.6) is 0 Å². The van der Waals surface area contributed by atoms with Crippen LogP contribution in [0.1, 0.15) is 41.3 Å². The van der Waals surface area contributed by atoms with Crippen LogP contribution in [0.2, 0.25) is 0 Å². The molecular weight excluding hydrogens is 383 g/mol. The number of nitrogens with zero attached hydrogens (tertiary/aromatic N) is 2. The first kappa shape index (κ1) is 20.3. The van der Waals surface area contributed by atoms with Crippen molar-refractivity contribution in [2.45, 2.75) is 31.3 Å². The Morgan fingerprint density at radius 1 is 1.13 bits per heavy atom. The number of allylic oxidation sites excluding steroid dienone is 1. The zero-order valence-corrected chi connectivity index (χ0v) is 17.1. The van der Waals surface area contributed by atoms with Crippen LogP contribution in [0.15, 0.2) is 54.6 Å². The van der Waals surface area contributed by atoms with Crippen LogP contribution in [0.25, 0.3) is 6.08 Å². The summed E-state index contributed by atoms with van der Waals surface area (Å²) in [5.41, 5.74) is 2.04. The summed E-state index contributed by atoms with van der Waals surface area (Å²) in [6.07, 6.45) is 3.98. The van der Waals surface area contributed by atoms with Gasteiger partial charge in [0.1, 0.15) is 5.82 Å². The van der Waals surface area contributed by atoms with Crippen molar-refractivity contribution in [3.05, 3.63) is 77.1 Å². The maximum atomic E-state index is 13.2. The zero-order valence-electron chi connectivity index (χ0n) is 17.1. The van der Waals surface area contributed by atoms with E-state index in [1.807, 2.05) is 43.3 Å². The Kier molecular flexibility index (Phi) is 5.20. The number of rotatable bonds is 4. The summed E-state index contributed by atoms with van der Waals surface area (Å²) in [6.45, 7) is 4.11. The van der Waals surface area contributed by atoms with Crippen LogP contribution < -0.4 is 0 Å². The van der Waals surface area contributed by atoms with Gasteiger partial charge >= 0.3 is 0 Å². The molecule has 1 spiro atoms. The average molecular weight is 408 g/mol. The molecule has 6 heteroatoms. The van der Waals surface area contributed by atoms with Gasteiger partial charge in [0.05, 0.1) is 18.2 Å². The highest BCUT2D eigenvalue weighted by Crippen LogP contribution is 2.54. The normalized spacial score (nSPS) is 22.1. The van der Waals surface area contributed by atoms with Crippen molar-refractivity contribution >= 4 is 17.9 Å². The predicted octanol–water partition coefficient (Wildman–Crippen LogP) is 3.06. The van der Waals surface area contributed by atoms with Crippen LogP contribution in [0.4, 0.5) is 4.39 Å². The van der Waals surface area contributed by atoms with Crippen molar-refractivity contribution in [3.8, 4) is 0 Å². The second-order valence-electron chi connectivity index (χ2n) is 8.05. The number of hydrogen-bond donors (Lipinski definition) is 1. The SMILES string of the molecule is CC=Cc1ccc([C@H]2[C@@H](CO)N(C(C)=O)C23CN(C(=O)c2ccc(F)cc2)C3)cc1. The lowest BCUT2D eigenvalue weighted by molar-refractivity contribution is -0.191. The van der Waals surface area contributed by atoms with Gasteiger partial charge < -0.3 is 14.9 Å². The number of carbonyl (C=O) groups excluding carboxylic acids is 2. The van der Waals surface area contributed by atoms with E-state index in [4.69, 9.17) is 0 Å². The monoisotopic (exact) mass is 408 g/mol. The van der Waals surface area contributed by atoms with E-state index in [0.29, 0.717) is 18.7 Å². The minimum atomic E-state index is -0.517. The van der Waals surface area contributed by atoms with Gasteiger partial charge in [-0.15, -0.1) is 0 Å². The molecule has 2 aromatic rings. The molecule has 1 N–H and O–H groups in total. The van der Waals surface area contributed by atoms with Crippen molar-refractivity contribution < 1.29 is 19.1 Å². The highest BCUT2D eigenvalue weighted by molar-refractivity contribution is 5.95. The molecule has 2 aliphatic rings. The van der Waals surface area contributed by atoms with Gasteiger partial charge in [-0.25, -0.2) is 4.39 Å². The Morgan fingerprint density at radius 3 is 2.30 bits per heavy atom. The van der Waals surface area contributed by atoms with Crippen LogP contribution >= 0.6 is 0 Å². The number of benzene rings is 2. The highest BCUT2D eigenvalue weighted by Gasteiger charge is 2.67. The second-order valence-corrected chi connectivity index (χ2v) is 8.05. The minimum absolute atomic E-state index is 0.0525.